The van der Waals surface area contributed by atoms with E-state index < -0.39 is 0 Å². The van der Waals surface area contributed by atoms with Gasteiger partial charge in [-0.1, -0.05) is 23.4 Å². The van der Waals surface area contributed by atoms with E-state index in [1.54, 1.807) is 18.6 Å². The Morgan fingerprint density at radius 1 is 1.11 bits per heavy atom. The second-order valence-electron chi connectivity index (χ2n) is 4.07. The minimum atomic E-state index is 0.559. The molecule has 0 saturated carbocycles. The van der Waals surface area contributed by atoms with Gasteiger partial charge in [-0.2, -0.15) is 4.98 Å². The third-order valence-corrected chi connectivity index (χ3v) is 2.69. The van der Waals surface area contributed by atoms with Gasteiger partial charge >= 0.3 is 0 Å². The normalized spacial score (nSPS) is 10.5. The number of hydrogen-bond acceptors (Lipinski definition) is 5. The summed E-state index contributed by atoms with van der Waals surface area (Å²) < 4.78 is 10.2. The van der Waals surface area contributed by atoms with Gasteiger partial charge < -0.3 is 14.3 Å². The Kier molecular flexibility index (Phi) is 3.27. The van der Waals surface area contributed by atoms with Crippen LogP contribution >= 0.6 is 0 Å². The Morgan fingerprint density at radius 2 is 2.00 bits per heavy atom. The summed E-state index contributed by atoms with van der Waals surface area (Å²) in [6.07, 6.45) is 3.86. The Bertz CT molecular complexity index is 617. The van der Waals surface area contributed by atoms with E-state index in [1.807, 2.05) is 30.3 Å². The highest BCUT2D eigenvalue weighted by atomic mass is 16.5. The number of nitrogens with one attached hydrogen (secondary N) is 1. The van der Waals surface area contributed by atoms with Gasteiger partial charge in [-0.15, -0.1) is 0 Å². The molecular formula is C14H13N3O2. The molecule has 0 aliphatic carbocycles. The first-order valence-electron chi connectivity index (χ1n) is 6.06. The first-order valence-corrected chi connectivity index (χ1v) is 6.06. The zero-order chi connectivity index (χ0) is 12.9. The van der Waals surface area contributed by atoms with Crippen LogP contribution in [0.15, 0.2) is 57.9 Å². The van der Waals surface area contributed by atoms with Crippen LogP contribution in [-0.4, -0.2) is 16.7 Å². The lowest BCUT2D eigenvalue weighted by Crippen LogP contribution is -2.04. The maximum absolute atomic E-state index is 5.18. The Balaban J connectivity index is 1.56. The average Bonchev–Trinajstić information content (AvgIpc) is 3.10. The van der Waals surface area contributed by atoms with Gasteiger partial charge in [0.2, 0.25) is 11.7 Å². The number of para-hydroxylation sites is 1. The monoisotopic (exact) mass is 255 g/mol. The van der Waals surface area contributed by atoms with Crippen molar-refractivity contribution in [2.75, 3.05) is 11.9 Å². The summed E-state index contributed by atoms with van der Waals surface area (Å²) in [4.78, 5) is 4.31. The van der Waals surface area contributed by atoms with Crippen LogP contribution in [0.1, 0.15) is 5.89 Å². The lowest BCUT2D eigenvalue weighted by molar-refractivity contribution is 0.381. The number of aromatic nitrogens is 2. The number of nitrogens with zero attached hydrogens (tertiary/aromatic N) is 2. The van der Waals surface area contributed by atoms with Gasteiger partial charge in [0.25, 0.3) is 0 Å². The van der Waals surface area contributed by atoms with E-state index >= 15 is 0 Å². The summed E-state index contributed by atoms with van der Waals surface area (Å²) >= 11 is 0. The molecule has 0 atom stereocenters. The molecule has 0 amide bonds. The van der Waals surface area contributed by atoms with Crippen molar-refractivity contribution in [3.63, 3.8) is 0 Å². The van der Waals surface area contributed by atoms with Gasteiger partial charge in [-0.3, -0.25) is 0 Å². The zero-order valence-corrected chi connectivity index (χ0v) is 10.2. The van der Waals surface area contributed by atoms with E-state index in [1.165, 1.54) is 0 Å². The largest absolute Gasteiger partial charge is 0.472 e. The number of anilines is 1. The summed E-state index contributed by atoms with van der Waals surface area (Å²) in [5.41, 5.74) is 1.91. The highest BCUT2D eigenvalue weighted by Gasteiger charge is 2.08. The highest BCUT2D eigenvalue weighted by Crippen LogP contribution is 2.15. The molecule has 3 rings (SSSR count). The molecule has 3 aromatic rings. The molecule has 1 N–H and O–H groups in total. The zero-order valence-electron chi connectivity index (χ0n) is 10.2. The van der Waals surface area contributed by atoms with Crippen molar-refractivity contribution >= 4 is 5.69 Å². The first-order chi connectivity index (χ1) is 9.42. The van der Waals surface area contributed by atoms with Crippen molar-refractivity contribution in [2.24, 2.45) is 0 Å². The van der Waals surface area contributed by atoms with E-state index in [0.29, 0.717) is 18.1 Å². The van der Waals surface area contributed by atoms with Crippen molar-refractivity contribution in [3.05, 3.63) is 54.8 Å². The van der Waals surface area contributed by atoms with E-state index in [2.05, 4.69) is 15.5 Å². The van der Waals surface area contributed by atoms with Crippen LogP contribution in [0.5, 0.6) is 0 Å². The molecule has 0 aliphatic rings. The molecular weight excluding hydrogens is 242 g/mol. The third kappa shape index (κ3) is 2.82. The summed E-state index contributed by atoms with van der Waals surface area (Å²) in [6.45, 7) is 0.747. The number of rotatable bonds is 5. The quantitative estimate of drug-likeness (QED) is 0.759. The van der Waals surface area contributed by atoms with Gasteiger partial charge in [0.15, 0.2) is 0 Å². The summed E-state index contributed by atoms with van der Waals surface area (Å²) in [6, 6.07) is 11.8. The van der Waals surface area contributed by atoms with Gasteiger partial charge in [0.1, 0.15) is 6.26 Å². The molecule has 1 aromatic carbocycles. The fourth-order valence-electron chi connectivity index (χ4n) is 1.74. The number of benzene rings is 1. The predicted molar refractivity (Wildman–Crippen MR) is 70.6 cm³/mol. The second kappa shape index (κ2) is 5.39. The van der Waals surface area contributed by atoms with Crippen LogP contribution in [-0.2, 0) is 6.42 Å². The smallest absolute Gasteiger partial charge is 0.228 e. The molecule has 0 saturated heterocycles. The van der Waals surface area contributed by atoms with Crippen molar-refractivity contribution in [1.82, 2.24) is 10.1 Å². The second-order valence-corrected chi connectivity index (χ2v) is 4.07. The molecule has 2 heterocycles. The number of hydrogen-bond donors (Lipinski definition) is 1. The summed E-state index contributed by atoms with van der Waals surface area (Å²) in [7, 11) is 0. The topological polar surface area (TPSA) is 64.1 Å². The fourth-order valence-corrected chi connectivity index (χ4v) is 1.74. The Morgan fingerprint density at radius 3 is 2.79 bits per heavy atom. The van der Waals surface area contributed by atoms with Crippen LogP contribution in [0, 0.1) is 0 Å². The van der Waals surface area contributed by atoms with Gasteiger partial charge in [0.05, 0.1) is 11.8 Å². The third-order valence-electron chi connectivity index (χ3n) is 2.69. The van der Waals surface area contributed by atoms with Gasteiger partial charge in [0, 0.05) is 18.7 Å². The highest BCUT2D eigenvalue weighted by molar-refractivity contribution is 5.51. The Hall–Kier alpha value is -2.56. The predicted octanol–water partition coefficient (Wildman–Crippen LogP) is 2.98. The minimum Gasteiger partial charge on any atom is -0.472 e. The van der Waals surface area contributed by atoms with E-state index in [9.17, 15) is 0 Å². The van der Waals surface area contributed by atoms with E-state index in [0.717, 1.165) is 17.8 Å². The number of furan rings is 1. The molecule has 5 heteroatoms. The molecule has 96 valence electrons. The van der Waals surface area contributed by atoms with Crippen molar-refractivity contribution in [1.29, 1.82) is 0 Å². The average molecular weight is 255 g/mol. The van der Waals surface area contributed by atoms with Crippen molar-refractivity contribution in [2.45, 2.75) is 6.42 Å². The Labute approximate surface area is 110 Å². The van der Waals surface area contributed by atoms with Crippen LogP contribution in [0.2, 0.25) is 0 Å². The van der Waals surface area contributed by atoms with Crippen LogP contribution in [0.4, 0.5) is 5.69 Å². The first kappa shape index (κ1) is 11.5. The van der Waals surface area contributed by atoms with Crippen LogP contribution in [0.25, 0.3) is 11.4 Å². The van der Waals surface area contributed by atoms with Gasteiger partial charge in [-0.25, -0.2) is 0 Å². The van der Waals surface area contributed by atoms with E-state index in [-0.39, 0.29) is 0 Å². The SMILES string of the molecule is c1ccc(NCCc2nc(-c3ccoc3)no2)cc1. The molecule has 2 aromatic heterocycles. The molecule has 0 unspecified atom stereocenters. The molecule has 0 radical (unpaired) electrons. The molecule has 0 spiro atoms. The summed E-state index contributed by atoms with van der Waals surface area (Å²) in [5.74, 6) is 1.17. The molecule has 19 heavy (non-hydrogen) atoms. The van der Waals surface area contributed by atoms with Gasteiger partial charge in [-0.05, 0) is 18.2 Å². The molecule has 5 nitrogen and oxygen atoms in total. The standard InChI is InChI=1S/C14H13N3O2/c1-2-4-12(5-3-1)15-8-6-13-16-14(17-19-13)11-7-9-18-10-11/h1-5,7,9-10,15H,6,8H2. The fraction of sp³-hybridized carbons (Fsp3) is 0.143. The lowest BCUT2D eigenvalue weighted by Gasteiger charge is -2.02. The molecule has 0 aliphatic heterocycles. The minimum absolute atomic E-state index is 0.559. The van der Waals surface area contributed by atoms with Crippen LogP contribution < -0.4 is 5.32 Å². The lowest BCUT2D eigenvalue weighted by atomic mass is 10.3. The van der Waals surface area contributed by atoms with Crippen LogP contribution in [0.3, 0.4) is 0 Å². The maximum Gasteiger partial charge on any atom is 0.228 e. The van der Waals surface area contributed by atoms with Crippen molar-refractivity contribution < 1.29 is 8.94 Å². The summed E-state index contributed by atoms with van der Waals surface area (Å²) in [5, 5.41) is 7.20. The maximum atomic E-state index is 5.18. The molecule has 0 bridgehead atoms. The molecule has 0 fully saturated rings. The van der Waals surface area contributed by atoms with Crippen molar-refractivity contribution in [3.8, 4) is 11.4 Å². The van der Waals surface area contributed by atoms with E-state index in [4.69, 9.17) is 8.94 Å².